The van der Waals surface area contributed by atoms with E-state index in [4.69, 9.17) is 5.26 Å². The van der Waals surface area contributed by atoms with Crippen LogP contribution >= 0.6 is 0 Å². The predicted octanol–water partition coefficient (Wildman–Crippen LogP) is 3.20. The molecule has 1 saturated heterocycles. The Morgan fingerprint density at radius 1 is 1.18 bits per heavy atom. The van der Waals surface area contributed by atoms with Crippen LogP contribution in [0.15, 0.2) is 30.6 Å². The van der Waals surface area contributed by atoms with Crippen LogP contribution < -0.4 is 20.4 Å². The van der Waals surface area contributed by atoms with Crippen LogP contribution in [0.3, 0.4) is 0 Å². The second-order valence-electron chi connectivity index (χ2n) is 10.5. The Labute approximate surface area is 226 Å². The molecule has 11 nitrogen and oxygen atoms in total. The second-order valence-corrected chi connectivity index (χ2v) is 10.5. The maximum atomic E-state index is 12.7. The third kappa shape index (κ3) is 4.72. The number of aromatic nitrogens is 3. The van der Waals surface area contributed by atoms with Gasteiger partial charge in [0.15, 0.2) is 0 Å². The van der Waals surface area contributed by atoms with Crippen LogP contribution in [0, 0.1) is 18.3 Å². The highest BCUT2D eigenvalue weighted by Gasteiger charge is 2.44. The molecule has 2 N–H and O–H groups in total. The van der Waals surface area contributed by atoms with Gasteiger partial charge in [0.25, 0.3) is 5.91 Å². The maximum Gasteiger partial charge on any atom is 0.327 e. The molecule has 1 saturated carbocycles. The molecule has 2 aliphatic heterocycles. The molecule has 200 valence electrons. The van der Waals surface area contributed by atoms with E-state index in [0.717, 1.165) is 79.1 Å². The molecule has 11 heteroatoms. The van der Waals surface area contributed by atoms with Crippen LogP contribution in [0.25, 0.3) is 10.9 Å². The van der Waals surface area contributed by atoms with Crippen molar-refractivity contribution in [1.29, 1.82) is 5.26 Å². The van der Waals surface area contributed by atoms with Crippen molar-refractivity contribution in [1.82, 2.24) is 25.2 Å². The molecule has 0 bridgehead atoms. The number of nitrogens with one attached hydrogen (secondary N) is 2. The van der Waals surface area contributed by atoms with Crippen LogP contribution in [0.4, 0.5) is 22.0 Å². The molecule has 2 fully saturated rings. The summed E-state index contributed by atoms with van der Waals surface area (Å²) in [5.41, 5.74) is 4.57. The normalized spacial score (nSPS) is 18.0. The van der Waals surface area contributed by atoms with E-state index in [1.54, 1.807) is 11.0 Å². The van der Waals surface area contributed by atoms with E-state index in [1.165, 1.54) is 6.33 Å². The van der Waals surface area contributed by atoms with E-state index in [1.807, 2.05) is 26.0 Å². The van der Waals surface area contributed by atoms with Gasteiger partial charge in [-0.3, -0.25) is 14.6 Å². The molecule has 1 aromatic carbocycles. The quantitative estimate of drug-likeness (QED) is 0.481. The lowest BCUT2D eigenvalue weighted by molar-refractivity contribution is 0.0927. The molecule has 2 aromatic heterocycles. The number of amides is 3. The minimum Gasteiger partial charge on any atom is -0.368 e. The summed E-state index contributed by atoms with van der Waals surface area (Å²) in [5, 5.41) is 15.9. The summed E-state index contributed by atoms with van der Waals surface area (Å²) in [6, 6.07) is 9.87. The largest absolute Gasteiger partial charge is 0.368 e. The molecule has 0 spiro atoms. The molecular weight excluding hydrogens is 494 g/mol. The summed E-state index contributed by atoms with van der Waals surface area (Å²) < 4.78 is 0. The topological polar surface area (TPSA) is 130 Å². The molecule has 39 heavy (non-hydrogen) atoms. The number of rotatable bonds is 7. The number of pyridine rings is 1. The number of nitrogens with zero attached hydrogens (tertiary/aromatic N) is 7. The first-order valence-electron chi connectivity index (χ1n) is 13.4. The van der Waals surface area contributed by atoms with E-state index in [0.29, 0.717) is 24.5 Å². The fourth-order valence-electron chi connectivity index (χ4n) is 5.57. The van der Waals surface area contributed by atoms with Crippen LogP contribution in [0.5, 0.6) is 0 Å². The zero-order chi connectivity index (χ0) is 27.1. The van der Waals surface area contributed by atoms with E-state index in [-0.39, 0.29) is 17.5 Å². The fourth-order valence-corrected chi connectivity index (χ4v) is 5.57. The Bertz CT molecular complexity index is 1500. The van der Waals surface area contributed by atoms with Crippen molar-refractivity contribution in [2.75, 3.05) is 47.8 Å². The molecular formula is C28H31N9O2. The third-order valence-electron chi connectivity index (χ3n) is 7.90. The van der Waals surface area contributed by atoms with Crippen molar-refractivity contribution in [3.8, 4) is 6.07 Å². The molecule has 3 aliphatic rings. The van der Waals surface area contributed by atoms with Crippen LogP contribution in [-0.2, 0) is 6.54 Å². The molecule has 0 radical (unpaired) electrons. The number of piperazine rings is 1. The van der Waals surface area contributed by atoms with Crippen molar-refractivity contribution in [2.45, 2.75) is 45.2 Å². The number of hydrogen-bond acceptors (Lipinski definition) is 8. The van der Waals surface area contributed by atoms with Gasteiger partial charge in [0.1, 0.15) is 17.8 Å². The minimum atomic E-state index is -0.365. The Kier molecular flexibility index (Phi) is 6.27. The summed E-state index contributed by atoms with van der Waals surface area (Å²) in [5.74, 6) is 0.440. The first-order valence-corrected chi connectivity index (χ1v) is 13.4. The molecule has 0 atom stereocenters. The van der Waals surface area contributed by atoms with Crippen molar-refractivity contribution in [3.63, 3.8) is 0 Å². The van der Waals surface area contributed by atoms with Crippen molar-refractivity contribution in [3.05, 3.63) is 47.5 Å². The first-order chi connectivity index (χ1) is 18.9. The van der Waals surface area contributed by atoms with E-state index in [2.05, 4.69) is 47.5 Å². The maximum absolute atomic E-state index is 12.7. The van der Waals surface area contributed by atoms with Crippen LogP contribution in [0.2, 0.25) is 0 Å². The van der Waals surface area contributed by atoms with Gasteiger partial charge in [-0.05, 0) is 56.5 Å². The first kappa shape index (κ1) is 25.0. The van der Waals surface area contributed by atoms with Gasteiger partial charge in [-0.15, -0.1) is 0 Å². The number of anilines is 3. The smallest absolute Gasteiger partial charge is 0.327 e. The van der Waals surface area contributed by atoms with E-state index >= 15 is 0 Å². The number of carbonyl (C=O) groups excluding carboxylic acids is 2. The molecule has 0 unspecified atom stereocenters. The summed E-state index contributed by atoms with van der Waals surface area (Å²) in [6.45, 7) is 8.58. The number of aryl methyl sites for hydroxylation is 1. The molecule has 4 heterocycles. The average molecular weight is 526 g/mol. The Morgan fingerprint density at radius 2 is 1.97 bits per heavy atom. The van der Waals surface area contributed by atoms with Crippen LogP contribution in [-0.4, -0.2) is 70.1 Å². The highest BCUT2D eigenvalue weighted by Crippen LogP contribution is 2.39. The zero-order valence-electron chi connectivity index (χ0n) is 22.2. The summed E-state index contributed by atoms with van der Waals surface area (Å²) in [4.78, 5) is 45.0. The number of benzene rings is 1. The van der Waals surface area contributed by atoms with Crippen molar-refractivity contribution < 1.29 is 9.59 Å². The van der Waals surface area contributed by atoms with Gasteiger partial charge in [0, 0.05) is 39.3 Å². The van der Waals surface area contributed by atoms with Gasteiger partial charge in [-0.1, -0.05) is 0 Å². The number of carbonyl (C=O) groups is 2. The third-order valence-corrected chi connectivity index (χ3v) is 7.90. The van der Waals surface area contributed by atoms with Crippen molar-refractivity contribution in [2.24, 2.45) is 0 Å². The number of nitriles is 1. The van der Waals surface area contributed by atoms with Gasteiger partial charge in [-0.2, -0.15) is 5.26 Å². The summed E-state index contributed by atoms with van der Waals surface area (Å²) in [6.07, 6.45) is 3.54. The molecule has 3 aromatic rings. The predicted molar refractivity (Wildman–Crippen MR) is 148 cm³/mol. The van der Waals surface area contributed by atoms with Gasteiger partial charge in [0.05, 0.1) is 46.0 Å². The second kappa shape index (κ2) is 9.78. The lowest BCUT2D eigenvalue weighted by atomic mass is 10.1. The molecule has 1 aliphatic carbocycles. The Balaban J connectivity index is 1.11. The summed E-state index contributed by atoms with van der Waals surface area (Å²) >= 11 is 0. The highest BCUT2D eigenvalue weighted by molar-refractivity contribution is 6.17. The standard InChI is InChI=1S/C28H31N9O2/c1-3-37-25-24-21(30-17-31-25)14-19(15-22(24)33-27(37)39)16-35-10-12-36(13-11-35)23-5-4-20(32-18(23)2)26(38)34-28(6-7-28)8-9-29/h4-5,14-15,17H,3,6-8,10-13,16H2,1-2H3,(H,33,39)(H,34,38). The highest BCUT2D eigenvalue weighted by atomic mass is 16.2. The van der Waals surface area contributed by atoms with Gasteiger partial charge < -0.3 is 15.5 Å². The van der Waals surface area contributed by atoms with E-state index < -0.39 is 0 Å². The monoisotopic (exact) mass is 525 g/mol. The average Bonchev–Trinajstić information content (AvgIpc) is 3.68. The van der Waals surface area contributed by atoms with Gasteiger partial charge in [0.2, 0.25) is 0 Å². The lowest BCUT2D eigenvalue weighted by Gasteiger charge is -2.36. The fraction of sp³-hybridized carbons (Fsp3) is 0.429. The molecule has 3 amide bonds. The van der Waals surface area contributed by atoms with Crippen LogP contribution in [0.1, 0.15) is 47.9 Å². The minimum absolute atomic E-state index is 0.169. The number of urea groups is 1. The Morgan fingerprint density at radius 3 is 2.67 bits per heavy atom. The van der Waals surface area contributed by atoms with Crippen molar-refractivity contribution >= 4 is 40.0 Å². The Hall–Kier alpha value is -4.30. The zero-order valence-corrected chi connectivity index (χ0v) is 22.2. The SMILES string of the molecule is CCN1C(=O)Nc2cc(CN3CCN(c4ccc(C(=O)NC5(CC#N)CC5)nc4C)CC3)cc3ncnc1c23. The lowest BCUT2D eigenvalue weighted by Crippen LogP contribution is -2.46. The van der Waals surface area contributed by atoms with Gasteiger partial charge in [-0.25, -0.2) is 19.7 Å². The van der Waals surface area contributed by atoms with Gasteiger partial charge >= 0.3 is 6.03 Å². The number of hydrogen-bond donors (Lipinski definition) is 2. The van der Waals surface area contributed by atoms with E-state index in [9.17, 15) is 9.59 Å². The summed E-state index contributed by atoms with van der Waals surface area (Å²) in [7, 11) is 0. The molecule has 6 rings (SSSR count).